The molecule has 0 aromatic carbocycles. The number of amides is 1. The number of nitrogens with two attached hydrogens (primary N) is 1. The van der Waals surface area contributed by atoms with Crippen LogP contribution in [0.1, 0.15) is 143 Å². The van der Waals surface area contributed by atoms with Gasteiger partial charge in [-0.05, 0) is 45.4 Å². The SMILES string of the molecule is C=CCOP(OCC=C)O[C@H]1C(OCCC(CCCCCCC)OC)C[C@@H](O/C=C\C)OC1COC.CCC/C=C/CCCCCCCCCC(N)=O. The van der Waals surface area contributed by atoms with Crippen molar-refractivity contribution in [2.45, 2.75) is 173 Å². The van der Waals surface area contributed by atoms with Crippen molar-refractivity contribution < 1.29 is 42.1 Å². The minimum atomic E-state index is -1.67. The van der Waals surface area contributed by atoms with Crippen LogP contribution < -0.4 is 5.73 Å². The summed E-state index contributed by atoms with van der Waals surface area (Å²) >= 11 is 0. The van der Waals surface area contributed by atoms with Crippen molar-refractivity contribution in [3.05, 3.63) is 49.8 Å². The topological polar surface area (TPSA) is 117 Å². The van der Waals surface area contributed by atoms with Gasteiger partial charge in [0.25, 0.3) is 0 Å². The molecule has 310 valence electrons. The third kappa shape index (κ3) is 30.3. The molecule has 2 N–H and O–H groups in total. The van der Waals surface area contributed by atoms with Crippen molar-refractivity contribution in [1.82, 2.24) is 0 Å². The molecule has 53 heavy (non-hydrogen) atoms. The Labute approximate surface area is 325 Å². The summed E-state index contributed by atoms with van der Waals surface area (Å²) in [5, 5.41) is 0. The van der Waals surface area contributed by atoms with E-state index in [1.54, 1.807) is 32.6 Å². The second-order valence-corrected chi connectivity index (χ2v) is 14.5. The minimum absolute atomic E-state index is 0.163. The van der Waals surface area contributed by atoms with Gasteiger partial charge in [-0.3, -0.25) is 4.79 Å². The Morgan fingerprint density at radius 2 is 1.51 bits per heavy atom. The molecule has 10 nitrogen and oxygen atoms in total. The lowest BCUT2D eigenvalue weighted by atomic mass is 10.0. The quantitative estimate of drug-likeness (QED) is 0.0291. The molecule has 0 aliphatic carbocycles. The van der Waals surface area contributed by atoms with Gasteiger partial charge < -0.3 is 43.0 Å². The van der Waals surface area contributed by atoms with Gasteiger partial charge in [-0.2, -0.15) is 0 Å². The Balaban J connectivity index is 0.00000133. The van der Waals surface area contributed by atoms with E-state index in [-0.39, 0.29) is 18.1 Å². The number of primary amides is 1. The van der Waals surface area contributed by atoms with Gasteiger partial charge in [0.05, 0.1) is 38.3 Å². The molecular weight excluding hydrogens is 693 g/mol. The van der Waals surface area contributed by atoms with E-state index in [1.807, 2.05) is 13.0 Å². The number of rotatable bonds is 35. The van der Waals surface area contributed by atoms with Gasteiger partial charge in [-0.25, -0.2) is 0 Å². The smallest absolute Gasteiger partial charge is 0.333 e. The molecule has 0 aromatic heterocycles. The maximum Gasteiger partial charge on any atom is 0.333 e. The highest BCUT2D eigenvalue weighted by atomic mass is 31.2. The van der Waals surface area contributed by atoms with E-state index in [0.29, 0.717) is 39.3 Å². The molecule has 1 aliphatic heterocycles. The maximum absolute atomic E-state index is 10.5. The third-order valence-corrected chi connectivity index (χ3v) is 9.77. The fourth-order valence-electron chi connectivity index (χ4n) is 5.72. The van der Waals surface area contributed by atoms with Gasteiger partial charge >= 0.3 is 8.60 Å². The number of carbonyl (C=O) groups is 1. The molecule has 1 aliphatic rings. The Hall–Kier alpha value is -1.62. The van der Waals surface area contributed by atoms with Crippen molar-refractivity contribution in [3.8, 4) is 0 Å². The van der Waals surface area contributed by atoms with Crippen LogP contribution in [-0.4, -0.2) is 77.3 Å². The van der Waals surface area contributed by atoms with Crippen LogP contribution in [0.3, 0.4) is 0 Å². The summed E-state index contributed by atoms with van der Waals surface area (Å²) < 4.78 is 47.2. The normalized spacial score (nSPS) is 19.4. The Morgan fingerprint density at radius 3 is 2.11 bits per heavy atom. The molecule has 1 heterocycles. The van der Waals surface area contributed by atoms with Crippen molar-refractivity contribution >= 4 is 14.5 Å². The summed E-state index contributed by atoms with van der Waals surface area (Å²) in [5.41, 5.74) is 5.08. The summed E-state index contributed by atoms with van der Waals surface area (Å²) in [6.45, 7) is 15.2. The van der Waals surface area contributed by atoms with Crippen LogP contribution in [-0.2, 0) is 42.1 Å². The first-order chi connectivity index (χ1) is 25.9. The number of unbranched alkanes of at least 4 members (excludes halogenated alkanes) is 12. The van der Waals surface area contributed by atoms with Crippen LogP contribution in [0.2, 0.25) is 0 Å². The molecule has 11 heteroatoms. The second-order valence-electron chi connectivity index (χ2n) is 13.4. The second kappa shape index (κ2) is 38.6. The van der Waals surface area contributed by atoms with Crippen molar-refractivity contribution in [2.24, 2.45) is 5.73 Å². The fourth-order valence-corrected chi connectivity index (χ4v) is 6.84. The number of hydrogen-bond donors (Lipinski definition) is 1. The summed E-state index contributed by atoms with van der Waals surface area (Å²) in [4.78, 5) is 10.5. The largest absolute Gasteiger partial charge is 0.473 e. The molecule has 0 aromatic rings. The van der Waals surface area contributed by atoms with Gasteiger partial charge in [0.1, 0.15) is 12.2 Å². The number of carbonyl (C=O) groups excluding carboxylic acids is 1. The fraction of sp³-hybridized carbons (Fsp3) is 0.786. The monoisotopic (exact) mass is 772 g/mol. The Bertz CT molecular complexity index is 894. The summed E-state index contributed by atoms with van der Waals surface area (Å²) in [5.74, 6) is -0.163. The van der Waals surface area contributed by atoms with Gasteiger partial charge in [-0.1, -0.05) is 115 Å². The lowest BCUT2D eigenvalue weighted by Crippen LogP contribution is -2.52. The molecule has 0 bridgehead atoms. The molecule has 0 spiro atoms. The highest BCUT2D eigenvalue weighted by Crippen LogP contribution is 2.44. The molecule has 1 rings (SSSR count). The van der Waals surface area contributed by atoms with Crippen LogP contribution in [0.4, 0.5) is 0 Å². The zero-order valence-electron chi connectivity index (χ0n) is 34.2. The number of allylic oxidation sites excluding steroid dienone is 3. The van der Waals surface area contributed by atoms with E-state index in [9.17, 15) is 4.79 Å². The zero-order chi connectivity index (χ0) is 39.2. The average molecular weight is 772 g/mol. The first kappa shape index (κ1) is 51.4. The molecule has 1 fully saturated rings. The molecule has 0 saturated carbocycles. The molecule has 3 unspecified atom stereocenters. The lowest BCUT2D eigenvalue weighted by molar-refractivity contribution is -0.247. The van der Waals surface area contributed by atoms with E-state index < -0.39 is 27.1 Å². The summed E-state index contributed by atoms with van der Waals surface area (Å²) in [7, 11) is 1.73. The molecule has 5 atom stereocenters. The molecule has 1 saturated heterocycles. The molecule has 0 radical (unpaired) electrons. The molecule has 1 amide bonds. The predicted molar refractivity (Wildman–Crippen MR) is 218 cm³/mol. The van der Waals surface area contributed by atoms with Crippen LogP contribution in [0.25, 0.3) is 0 Å². The van der Waals surface area contributed by atoms with Gasteiger partial charge in [0.2, 0.25) is 12.2 Å². The van der Waals surface area contributed by atoms with E-state index in [4.69, 9.17) is 43.0 Å². The number of methoxy groups -OCH3 is 2. The summed E-state index contributed by atoms with van der Waals surface area (Å²) in [6.07, 6.45) is 31.4. The zero-order valence-corrected chi connectivity index (χ0v) is 35.1. The Morgan fingerprint density at radius 1 is 0.868 bits per heavy atom. The van der Waals surface area contributed by atoms with Crippen molar-refractivity contribution in [1.29, 1.82) is 0 Å². The first-order valence-electron chi connectivity index (χ1n) is 20.3. The summed E-state index contributed by atoms with van der Waals surface area (Å²) in [6, 6.07) is 0. The van der Waals surface area contributed by atoms with Crippen LogP contribution in [0.5, 0.6) is 0 Å². The predicted octanol–water partition coefficient (Wildman–Crippen LogP) is 10.8. The van der Waals surface area contributed by atoms with E-state index >= 15 is 0 Å². The van der Waals surface area contributed by atoms with Crippen LogP contribution >= 0.6 is 8.60 Å². The van der Waals surface area contributed by atoms with Crippen molar-refractivity contribution in [2.75, 3.05) is 40.6 Å². The third-order valence-electron chi connectivity index (χ3n) is 8.64. The van der Waals surface area contributed by atoms with Gasteiger partial charge in [0.15, 0.2) is 0 Å². The minimum Gasteiger partial charge on any atom is -0.473 e. The average Bonchev–Trinajstić information content (AvgIpc) is 3.15. The maximum atomic E-state index is 10.5. The first-order valence-corrected chi connectivity index (χ1v) is 21.4. The van der Waals surface area contributed by atoms with Gasteiger partial charge in [-0.15, -0.1) is 13.2 Å². The number of ether oxygens (including phenoxy) is 5. The van der Waals surface area contributed by atoms with Crippen LogP contribution in [0.15, 0.2) is 49.8 Å². The molecular formula is C42H78NO9P. The van der Waals surface area contributed by atoms with Crippen molar-refractivity contribution in [3.63, 3.8) is 0 Å². The number of hydrogen-bond acceptors (Lipinski definition) is 9. The highest BCUT2D eigenvalue weighted by Gasteiger charge is 2.43. The standard InChI is InChI=1S/C27H49O8P.C15H29NO/c1-7-11-12-13-14-15-23(29-6)16-20-30-24-21-26(31-17-8-2)34-25(22-28-5)27(24)35-36(32-18-9-3)33-19-10-4;1-2-3-4-5-6-7-8-9-10-11-12-13-14-15(16)17/h8-10,17,23-27H,3-4,7,11-16,18-22H2,1-2,5-6H3;4-5H,2-3,6-14H2,1H3,(H2,16,17)/b17-8-;5-4+/t23?,24?,25?,26-,27-;/m0./s1. The van der Waals surface area contributed by atoms with E-state index in [2.05, 4.69) is 39.2 Å². The van der Waals surface area contributed by atoms with Crippen LogP contribution in [0, 0.1) is 0 Å². The van der Waals surface area contributed by atoms with E-state index in [1.165, 1.54) is 83.5 Å². The highest BCUT2D eigenvalue weighted by molar-refractivity contribution is 7.41. The van der Waals surface area contributed by atoms with Gasteiger partial charge in [0, 0.05) is 33.7 Å². The Kier molecular flexibility index (Phi) is 37.5. The van der Waals surface area contributed by atoms with E-state index in [0.717, 1.165) is 25.7 Å². The lowest BCUT2D eigenvalue weighted by Gasteiger charge is -2.41.